The van der Waals surface area contributed by atoms with E-state index in [1.165, 1.54) is 24.3 Å². The van der Waals surface area contributed by atoms with Crippen molar-refractivity contribution in [2.45, 2.75) is 50.2 Å². The number of piperidine rings is 1. The van der Waals surface area contributed by atoms with Crippen molar-refractivity contribution in [1.29, 1.82) is 0 Å². The van der Waals surface area contributed by atoms with Gasteiger partial charge in [0.25, 0.3) is 5.91 Å². The van der Waals surface area contributed by atoms with Gasteiger partial charge in [-0.15, -0.1) is 0 Å². The summed E-state index contributed by atoms with van der Waals surface area (Å²) in [6.07, 6.45) is 1.33. The summed E-state index contributed by atoms with van der Waals surface area (Å²) in [6.45, 7) is 5.25. The zero-order valence-corrected chi connectivity index (χ0v) is 19.4. The van der Waals surface area contributed by atoms with Crippen LogP contribution in [0.3, 0.4) is 0 Å². The zero-order chi connectivity index (χ0) is 23.5. The van der Waals surface area contributed by atoms with Crippen LogP contribution < -0.4 is 10.0 Å². The van der Waals surface area contributed by atoms with Crippen molar-refractivity contribution in [3.05, 3.63) is 64.2 Å². The number of hydrogen-bond donors (Lipinski definition) is 2. The molecule has 3 rings (SSSR count). The number of amides is 1. The third-order valence-corrected chi connectivity index (χ3v) is 7.18. The van der Waals surface area contributed by atoms with Crippen LogP contribution in [0, 0.1) is 11.6 Å². The minimum Gasteiger partial charge on any atom is -0.349 e. The van der Waals surface area contributed by atoms with Crippen molar-refractivity contribution in [2.75, 3.05) is 13.1 Å². The van der Waals surface area contributed by atoms with Gasteiger partial charge in [-0.1, -0.05) is 17.7 Å². The lowest BCUT2D eigenvalue weighted by Crippen LogP contribution is -2.44. The number of benzene rings is 2. The normalized spacial score (nSPS) is 15.8. The lowest BCUT2D eigenvalue weighted by molar-refractivity contribution is 0.0909. The van der Waals surface area contributed by atoms with Crippen LogP contribution in [0.1, 0.15) is 42.6 Å². The summed E-state index contributed by atoms with van der Waals surface area (Å²) in [5.41, 5.74) is 0.786. The van der Waals surface area contributed by atoms with E-state index in [4.69, 9.17) is 11.6 Å². The largest absolute Gasteiger partial charge is 0.349 e. The quantitative estimate of drug-likeness (QED) is 0.627. The molecule has 0 bridgehead atoms. The molecule has 6 nitrogen and oxygen atoms in total. The van der Waals surface area contributed by atoms with Crippen LogP contribution in [0.5, 0.6) is 0 Å². The monoisotopic (exact) mass is 485 g/mol. The zero-order valence-electron chi connectivity index (χ0n) is 17.9. The van der Waals surface area contributed by atoms with Gasteiger partial charge < -0.3 is 5.32 Å². The van der Waals surface area contributed by atoms with Gasteiger partial charge in [-0.2, -0.15) is 0 Å². The predicted octanol–water partition coefficient (Wildman–Crippen LogP) is 3.70. The number of nitrogens with one attached hydrogen (secondary N) is 2. The Morgan fingerprint density at radius 3 is 2.44 bits per heavy atom. The summed E-state index contributed by atoms with van der Waals surface area (Å²) >= 11 is 6.16. The van der Waals surface area contributed by atoms with E-state index in [1.807, 2.05) is 0 Å². The Bertz CT molecular complexity index is 1090. The summed E-state index contributed by atoms with van der Waals surface area (Å²) in [5.74, 6) is -2.17. The molecule has 0 atom stereocenters. The number of sulfonamides is 1. The molecule has 0 radical (unpaired) electrons. The van der Waals surface area contributed by atoms with Crippen LogP contribution in [0.4, 0.5) is 8.78 Å². The molecule has 1 amide bonds. The molecule has 10 heteroatoms. The van der Waals surface area contributed by atoms with E-state index in [0.717, 1.165) is 6.07 Å². The number of halogens is 3. The third-order valence-electron chi connectivity index (χ3n) is 5.20. The van der Waals surface area contributed by atoms with E-state index in [2.05, 4.69) is 14.9 Å². The van der Waals surface area contributed by atoms with Gasteiger partial charge in [0.05, 0.1) is 15.5 Å². The molecule has 32 heavy (non-hydrogen) atoms. The van der Waals surface area contributed by atoms with Crippen LogP contribution in [0.2, 0.25) is 5.02 Å². The fourth-order valence-corrected chi connectivity index (χ4v) is 5.10. The Labute approximate surface area is 192 Å². The number of nitrogens with zero attached hydrogens (tertiary/aromatic N) is 1. The van der Waals surface area contributed by atoms with Crippen LogP contribution in [0.25, 0.3) is 0 Å². The summed E-state index contributed by atoms with van der Waals surface area (Å²) in [5, 5.41) is 3.09. The number of carbonyl (C=O) groups is 1. The lowest BCUT2D eigenvalue weighted by Gasteiger charge is -2.32. The molecule has 1 heterocycles. The van der Waals surface area contributed by atoms with Crippen molar-refractivity contribution in [1.82, 2.24) is 14.9 Å². The van der Waals surface area contributed by atoms with E-state index < -0.39 is 27.6 Å². The highest BCUT2D eigenvalue weighted by atomic mass is 35.5. The van der Waals surface area contributed by atoms with Crippen molar-refractivity contribution in [3.63, 3.8) is 0 Å². The molecular weight excluding hydrogens is 460 g/mol. The number of carbonyl (C=O) groups excluding carboxylic acids is 1. The Balaban J connectivity index is 1.60. The van der Waals surface area contributed by atoms with Crippen LogP contribution >= 0.6 is 11.6 Å². The highest BCUT2D eigenvalue weighted by Crippen LogP contribution is 2.22. The molecule has 0 unspecified atom stereocenters. The highest BCUT2D eigenvalue weighted by molar-refractivity contribution is 7.89. The smallest absolute Gasteiger partial charge is 0.253 e. The topological polar surface area (TPSA) is 78.5 Å². The standard InChI is InChI=1S/C22H26ClF2N3O3S/c1-14(2)27-32(30,31)17-4-5-19(23)18(12-17)22(29)26-16-7-9-28(10-8-16)13-15-3-6-20(24)21(25)11-15/h3-6,11-12,14,16,27H,7-10,13H2,1-2H3,(H,26,29). The second-order valence-corrected chi connectivity index (χ2v) is 10.3. The van der Waals surface area contributed by atoms with Crippen LogP contribution in [-0.4, -0.2) is 44.4 Å². The first kappa shape index (κ1) is 24.6. The van der Waals surface area contributed by atoms with Gasteiger partial charge >= 0.3 is 0 Å². The lowest BCUT2D eigenvalue weighted by atomic mass is 10.0. The molecule has 2 aromatic rings. The van der Waals surface area contributed by atoms with Crippen molar-refractivity contribution in [2.24, 2.45) is 0 Å². The fraction of sp³-hybridized carbons (Fsp3) is 0.409. The van der Waals surface area contributed by atoms with Crippen molar-refractivity contribution < 1.29 is 22.0 Å². The SMILES string of the molecule is CC(C)NS(=O)(=O)c1ccc(Cl)c(C(=O)NC2CCN(Cc3ccc(F)c(F)c3)CC2)c1. The molecule has 2 aromatic carbocycles. The van der Waals surface area contributed by atoms with E-state index in [9.17, 15) is 22.0 Å². The molecule has 0 spiro atoms. The summed E-state index contributed by atoms with van der Waals surface area (Å²) in [6, 6.07) is 7.52. The Hall–Kier alpha value is -2.07. The first-order chi connectivity index (χ1) is 15.0. The van der Waals surface area contributed by atoms with E-state index >= 15 is 0 Å². The predicted molar refractivity (Wildman–Crippen MR) is 119 cm³/mol. The van der Waals surface area contributed by atoms with E-state index in [1.54, 1.807) is 19.9 Å². The van der Waals surface area contributed by atoms with E-state index in [0.29, 0.717) is 38.0 Å². The molecule has 174 valence electrons. The summed E-state index contributed by atoms with van der Waals surface area (Å²) in [7, 11) is -3.75. The second-order valence-electron chi connectivity index (χ2n) is 8.19. The average molecular weight is 486 g/mol. The maximum absolute atomic E-state index is 13.4. The molecule has 1 fully saturated rings. The van der Waals surface area contributed by atoms with Crippen molar-refractivity contribution in [3.8, 4) is 0 Å². The Morgan fingerprint density at radius 2 is 1.81 bits per heavy atom. The molecule has 0 aliphatic carbocycles. The van der Waals surface area contributed by atoms with Gasteiger partial charge in [0, 0.05) is 31.7 Å². The fourth-order valence-electron chi connectivity index (χ4n) is 3.62. The number of rotatable bonds is 7. The Kier molecular flexibility index (Phi) is 7.87. The Morgan fingerprint density at radius 1 is 1.12 bits per heavy atom. The maximum atomic E-state index is 13.4. The van der Waals surface area contributed by atoms with Gasteiger partial charge in [-0.05, 0) is 62.6 Å². The van der Waals surface area contributed by atoms with Gasteiger partial charge in [0.1, 0.15) is 0 Å². The van der Waals surface area contributed by atoms with Crippen LogP contribution in [0.15, 0.2) is 41.3 Å². The third kappa shape index (κ3) is 6.25. The molecule has 1 saturated heterocycles. The molecule has 0 saturated carbocycles. The van der Waals surface area contributed by atoms with Gasteiger partial charge in [0.15, 0.2) is 11.6 Å². The molecule has 0 aromatic heterocycles. The number of hydrogen-bond acceptors (Lipinski definition) is 4. The van der Waals surface area contributed by atoms with Gasteiger partial charge in [-0.25, -0.2) is 21.9 Å². The maximum Gasteiger partial charge on any atom is 0.253 e. The summed E-state index contributed by atoms with van der Waals surface area (Å²) in [4.78, 5) is 14.9. The highest BCUT2D eigenvalue weighted by Gasteiger charge is 2.24. The molecule has 1 aliphatic heterocycles. The molecule has 1 aliphatic rings. The van der Waals surface area contributed by atoms with Crippen LogP contribution in [-0.2, 0) is 16.6 Å². The second kappa shape index (κ2) is 10.2. The van der Waals surface area contributed by atoms with Gasteiger partial charge in [0.2, 0.25) is 10.0 Å². The minimum atomic E-state index is -3.75. The first-order valence-corrected chi connectivity index (χ1v) is 12.2. The average Bonchev–Trinajstić information content (AvgIpc) is 2.71. The first-order valence-electron chi connectivity index (χ1n) is 10.3. The van der Waals surface area contributed by atoms with E-state index in [-0.39, 0.29) is 27.6 Å². The summed E-state index contributed by atoms with van der Waals surface area (Å²) < 4.78 is 53.8. The number of likely N-dealkylation sites (tertiary alicyclic amines) is 1. The van der Waals surface area contributed by atoms with Gasteiger partial charge in [-0.3, -0.25) is 9.69 Å². The molecule has 2 N–H and O–H groups in total. The van der Waals surface area contributed by atoms with Crippen molar-refractivity contribution >= 4 is 27.5 Å². The molecular formula is C22H26ClF2N3O3S. The minimum absolute atomic E-state index is 0.0258.